The van der Waals surface area contributed by atoms with E-state index < -0.39 is 0 Å². The number of fused-ring (bicyclic) bond motifs is 1. The largest absolute Gasteiger partial charge is 0.0557 e. The van der Waals surface area contributed by atoms with Crippen molar-refractivity contribution in [2.75, 3.05) is 0 Å². The Kier molecular flexibility index (Phi) is 1.61. The minimum absolute atomic E-state index is 1.31. The Hall–Kier alpha value is -1.30. The summed E-state index contributed by atoms with van der Waals surface area (Å²) in [6.45, 7) is 4.27. The Labute approximate surface area is 72.8 Å². The summed E-state index contributed by atoms with van der Waals surface area (Å²) in [4.78, 5) is 0. The van der Waals surface area contributed by atoms with Gasteiger partial charge in [-0.25, -0.2) is 0 Å². The van der Waals surface area contributed by atoms with Gasteiger partial charge < -0.3 is 0 Å². The van der Waals surface area contributed by atoms with Crippen molar-refractivity contribution in [2.24, 2.45) is 0 Å². The van der Waals surface area contributed by atoms with Gasteiger partial charge in [0.25, 0.3) is 0 Å². The molecule has 2 aromatic carbocycles. The van der Waals surface area contributed by atoms with Gasteiger partial charge in [-0.15, -0.1) is 0 Å². The van der Waals surface area contributed by atoms with E-state index >= 15 is 0 Å². The van der Waals surface area contributed by atoms with Gasteiger partial charge in [0.05, 0.1) is 0 Å². The molecule has 0 aliphatic carbocycles. The molecule has 0 bridgehead atoms. The van der Waals surface area contributed by atoms with E-state index in [-0.39, 0.29) is 0 Å². The van der Waals surface area contributed by atoms with Gasteiger partial charge in [0, 0.05) is 0 Å². The fourth-order valence-corrected chi connectivity index (χ4v) is 1.62. The standard InChI is InChI=1S/C12H11/c1-9-7-10(2)12-6-4-3-5-11(12)8-9/h3,5-8H,1-2H3. The molecule has 0 amide bonds. The predicted molar refractivity (Wildman–Crippen MR) is 52.3 cm³/mol. The first-order valence-electron chi connectivity index (χ1n) is 4.14. The van der Waals surface area contributed by atoms with Crippen LogP contribution in [0.5, 0.6) is 0 Å². The van der Waals surface area contributed by atoms with Crippen LogP contribution in [-0.4, -0.2) is 0 Å². The first-order chi connectivity index (χ1) is 5.77. The zero-order chi connectivity index (χ0) is 8.55. The summed E-state index contributed by atoms with van der Waals surface area (Å²) in [7, 11) is 0. The molecule has 0 unspecified atom stereocenters. The van der Waals surface area contributed by atoms with Crippen molar-refractivity contribution in [3.05, 3.63) is 47.5 Å². The lowest BCUT2D eigenvalue weighted by molar-refractivity contribution is 1.43. The lowest BCUT2D eigenvalue weighted by Crippen LogP contribution is -1.80. The van der Waals surface area contributed by atoms with Crippen molar-refractivity contribution in [2.45, 2.75) is 13.8 Å². The monoisotopic (exact) mass is 155 g/mol. The van der Waals surface area contributed by atoms with Crippen LogP contribution < -0.4 is 0 Å². The van der Waals surface area contributed by atoms with E-state index in [9.17, 15) is 0 Å². The number of aryl methyl sites for hydroxylation is 2. The topological polar surface area (TPSA) is 0 Å². The number of rotatable bonds is 0. The SMILES string of the molecule is Cc1cc(C)c2c[c]ccc2c1. The van der Waals surface area contributed by atoms with Crippen LogP contribution >= 0.6 is 0 Å². The third kappa shape index (κ3) is 1.10. The van der Waals surface area contributed by atoms with Crippen LogP contribution in [0.15, 0.2) is 30.3 Å². The molecule has 0 saturated carbocycles. The highest BCUT2D eigenvalue weighted by Gasteiger charge is 1.96. The Balaban J connectivity index is 2.89. The molecule has 1 radical (unpaired) electrons. The summed E-state index contributed by atoms with van der Waals surface area (Å²) in [6.07, 6.45) is 0. The second-order valence-electron chi connectivity index (χ2n) is 3.23. The molecular formula is C12H11. The summed E-state index contributed by atoms with van der Waals surface area (Å²) >= 11 is 0. The minimum atomic E-state index is 1.31. The molecule has 0 nitrogen and oxygen atoms in total. The van der Waals surface area contributed by atoms with Crippen LogP contribution in [0.4, 0.5) is 0 Å². The van der Waals surface area contributed by atoms with Crippen molar-refractivity contribution in [1.29, 1.82) is 0 Å². The van der Waals surface area contributed by atoms with Crippen LogP contribution in [0.2, 0.25) is 0 Å². The maximum atomic E-state index is 3.10. The Bertz CT molecular complexity index is 413. The van der Waals surface area contributed by atoms with Crippen molar-refractivity contribution in [1.82, 2.24) is 0 Å². The zero-order valence-electron chi connectivity index (χ0n) is 7.39. The summed E-state index contributed by atoms with van der Waals surface area (Å²) in [6, 6.07) is 13.6. The van der Waals surface area contributed by atoms with Gasteiger partial charge in [-0.1, -0.05) is 29.8 Å². The van der Waals surface area contributed by atoms with Gasteiger partial charge in [0.1, 0.15) is 0 Å². The minimum Gasteiger partial charge on any atom is -0.0557 e. The van der Waals surface area contributed by atoms with E-state index in [0.29, 0.717) is 0 Å². The molecule has 0 saturated heterocycles. The quantitative estimate of drug-likeness (QED) is 0.547. The lowest BCUT2D eigenvalue weighted by Gasteiger charge is -2.02. The summed E-state index contributed by atoms with van der Waals surface area (Å²) < 4.78 is 0. The van der Waals surface area contributed by atoms with Gasteiger partial charge >= 0.3 is 0 Å². The highest BCUT2D eigenvalue weighted by molar-refractivity contribution is 5.85. The van der Waals surface area contributed by atoms with Gasteiger partial charge in [0.2, 0.25) is 0 Å². The van der Waals surface area contributed by atoms with Gasteiger partial charge in [0.15, 0.2) is 0 Å². The van der Waals surface area contributed by atoms with E-state index in [0.717, 1.165) is 0 Å². The molecule has 2 rings (SSSR count). The van der Waals surface area contributed by atoms with E-state index in [2.05, 4.69) is 38.1 Å². The predicted octanol–water partition coefficient (Wildman–Crippen LogP) is 3.26. The van der Waals surface area contributed by atoms with Gasteiger partial charge in [-0.2, -0.15) is 0 Å². The molecule has 59 valence electrons. The van der Waals surface area contributed by atoms with Crippen LogP contribution in [0.3, 0.4) is 0 Å². The van der Waals surface area contributed by atoms with Crippen molar-refractivity contribution in [3.8, 4) is 0 Å². The molecule has 0 N–H and O–H groups in total. The average Bonchev–Trinajstić information content (AvgIpc) is 2.04. The van der Waals surface area contributed by atoms with Crippen molar-refractivity contribution >= 4 is 10.8 Å². The van der Waals surface area contributed by atoms with Crippen LogP contribution in [0.1, 0.15) is 11.1 Å². The van der Waals surface area contributed by atoms with Crippen molar-refractivity contribution in [3.63, 3.8) is 0 Å². The van der Waals surface area contributed by atoms with Gasteiger partial charge in [-0.05, 0) is 42.3 Å². The molecule has 0 aliphatic rings. The zero-order valence-corrected chi connectivity index (χ0v) is 7.39. The Morgan fingerprint density at radius 2 is 2.00 bits per heavy atom. The Morgan fingerprint density at radius 1 is 1.17 bits per heavy atom. The molecule has 0 spiro atoms. The summed E-state index contributed by atoms with van der Waals surface area (Å²) in [5, 5.41) is 2.62. The first kappa shape index (κ1) is 7.35. The lowest BCUT2D eigenvalue weighted by atomic mass is 10.0. The third-order valence-electron chi connectivity index (χ3n) is 2.15. The second-order valence-corrected chi connectivity index (χ2v) is 3.23. The van der Waals surface area contributed by atoms with E-state index in [1.807, 2.05) is 12.1 Å². The van der Waals surface area contributed by atoms with Gasteiger partial charge in [-0.3, -0.25) is 0 Å². The fourth-order valence-electron chi connectivity index (χ4n) is 1.62. The molecule has 0 atom stereocenters. The van der Waals surface area contributed by atoms with Crippen LogP contribution in [0.25, 0.3) is 10.8 Å². The van der Waals surface area contributed by atoms with E-state index in [1.54, 1.807) is 0 Å². The molecule has 0 fully saturated rings. The fraction of sp³-hybridized carbons (Fsp3) is 0.167. The molecule has 0 heteroatoms. The van der Waals surface area contributed by atoms with E-state index in [4.69, 9.17) is 0 Å². The molecule has 0 aromatic heterocycles. The highest BCUT2D eigenvalue weighted by atomic mass is 14.0. The normalized spacial score (nSPS) is 10.5. The molecule has 0 heterocycles. The maximum Gasteiger partial charge on any atom is -0.0148 e. The molecule has 2 aromatic rings. The molecular weight excluding hydrogens is 144 g/mol. The van der Waals surface area contributed by atoms with E-state index in [1.165, 1.54) is 21.9 Å². The molecule has 12 heavy (non-hydrogen) atoms. The summed E-state index contributed by atoms with van der Waals surface area (Å²) in [5.74, 6) is 0. The maximum absolute atomic E-state index is 3.10. The second kappa shape index (κ2) is 2.63. The smallest absolute Gasteiger partial charge is 0.0148 e. The van der Waals surface area contributed by atoms with Crippen LogP contribution in [0, 0.1) is 19.9 Å². The number of hydrogen-bond donors (Lipinski definition) is 0. The third-order valence-corrected chi connectivity index (χ3v) is 2.15. The number of benzene rings is 2. The first-order valence-corrected chi connectivity index (χ1v) is 4.14. The number of hydrogen-bond acceptors (Lipinski definition) is 0. The molecule has 0 aliphatic heterocycles. The average molecular weight is 155 g/mol. The van der Waals surface area contributed by atoms with Crippen LogP contribution in [-0.2, 0) is 0 Å². The Morgan fingerprint density at radius 3 is 2.83 bits per heavy atom. The summed E-state index contributed by atoms with van der Waals surface area (Å²) in [5.41, 5.74) is 2.66. The van der Waals surface area contributed by atoms with Crippen molar-refractivity contribution < 1.29 is 0 Å². The highest BCUT2D eigenvalue weighted by Crippen LogP contribution is 2.19.